The molecule has 1 aromatic heterocycles. The van der Waals surface area contributed by atoms with E-state index in [9.17, 15) is 0 Å². The van der Waals surface area contributed by atoms with Gasteiger partial charge >= 0.3 is 0 Å². The summed E-state index contributed by atoms with van der Waals surface area (Å²) in [5.41, 5.74) is 14.8. The highest BCUT2D eigenvalue weighted by molar-refractivity contribution is 6.32. The van der Waals surface area contributed by atoms with Crippen LogP contribution in [0.5, 0.6) is 0 Å². The molecule has 0 atom stereocenters. The molecule has 10 aromatic carbocycles. The molecule has 0 aliphatic heterocycles. The van der Waals surface area contributed by atoms with E-state index in [1.54, 1.807) is 0 Å². The summed E-state index contributed by atoms with van der Waals surface area (Å²) in [6, 6.07) is 73.1. The van der Waals surface area contributed by atoms with Gasteiger partial charge in [0.05, 0.1) is 11.1 Å². The van der Waals surface area contributed by atoms with Crippen LogP contribution in [0.25, 0.3) is 87.6 Å². The van der Waals surface area contributed by atoms with Crippen LogP contribution in [0.3, 0.4) is 0 Å². The minimum Gasteiger partial charge on any atom is -0.455 e. The van der Waals surface area contributed by atoms with E-state index in [0.717, 1.165) is 50.0 Å². The summed E-state index contributed by atoms with van der Waals surface area (Å²) in [6.45, 7) is 4.72. The van der Waals surface area contributed by atoms with Gasteiger partial charge in [0.2, 0.25) is 0 Å². The maximum Gasteiger partial charge on any atom is 0.143 e. The highest BCUT2D eigenvalue weighted by Crippen LogP contribution is 2.53. The molecule has 0 amide bonds. The van der Waals surface area contributed by atoms with Gasteiger partial charge in [0.15, 0.2) is 0 Å². The van der Waals surface area contributed by atoms with Crippen molar-refractivity contribution < 1.29 is 4.42 Å². The standard InChI is InChI=1S/C57H39NO/c1-57(2)50-26-13-12-22-46(50)47-32-31-41(35-51(47)57)58(40-29-27-37(28-30-40)36-15-4-3-5-16-36)52-33-39(43-25-14-18-38-17-6-7-19-42(38)43)34-53-55(52)54-48-23-10-8-20-44(48)45-21-9-11-24-49(45)56(54)59-53/h3-35H,1-2H3. The van der Waals surface area contributed by atoms with Crippen LogP contribution in [-0.4, -0.2) is 0 Å². The van der Waals surface area contributed by atoms with Gasteiger partial charge in [0.25, 0.3) is 0 Å². The summed E-state index contributed by atoms with van der Waals surface area (Å²) < 4.78 is 7.21. The van der Waals surface area contributed by atoms with Gasteiger partial charge < -0.3 is 9.32 Å². The SMILES string of the molecule is CC1(C)c2ccccc2-c2ccc(N(c3ccc(-c4ccccc4)cc3)c3cc(-c4cccc5ccccc45)cc4oc5c6ccccc6c6ccccc6c5c34)cc21. The van der Waals surface area contributed by atoms with Gasteiger partial charge in [-0.1, -0.05) is 178 Å². The van der Waals surface area contributed by atoms with Crippen LogP contribution in [0.15, 0.2) is 205 Å². The molecular formula is C57H39NO. The van der Waals surface area contributed by atoms with Crippen LogP contribution in [0.4, 0.5) is 17.1 Å². The van der Waals surface area contributed by atoms with Gasteiger partial charge in [-0.25, -0.2) is 0 Å². The van der Waals surface area contributed by atoms with Gasteiger partial charge in [-0.05, 0) is 108 Å². The predicted molar refractivity (Wildman–Crippen MR) is 249 cm³/mol. The maximum atomic E-state index is 7.21. The molecule has 0 N–H and O–H groups in total. The largest absolute Gasteiger partial charge is 0.455 e. The van der Waals surface area contributed by atoms with Crippen LogP contribution in [-0.2, 0) is 5.41 Å². The van der Waals surface area contributed by atoms with Crippen LogP contribution in [0, 0.1) is 0 Å². The second-order valence-corrected chi connectivity index (χ2v) is 16.4. The zero-order valence-corrected chi connectivity index (χ0v) is 32.9. The molecule has 2 heteroatoms. The smallest absolute Gasteiger partial charge is 0.143 e. The number of nitrogens with zero attached hydrogens (tertiary/aromatic N) is 1. The first-order chi connectivity index (χ1) is 29.0. The fourth-order valence-corrected chi connectivity index (χ4v) is 10.0. The molecule has 11 aromatic rings. The van der Waals surface area contributed by atoms with Gasteiger partial charge in [-0.3, -0.25) is 0 Å². The van der Waals surface area contributed by atoms with E-state index in [-0.39, 0.29) is 5.41 Å². The summed E-state index contributed by atoms with van der Waals surface area (Å²) in [5.74, 6) is 0. The summed E-state index contributed by atoms with van der Waals surface area (Å²) >= 11 is 0. The van der Waals surface area contributed by atoms with Crippen molar-refractivity contribution in [3.63, 3.8) is 0 Å². The number of furan rings is 1. The van der Waals surface area contributed by atoms with Gasteiger partial charge in [-0.2, -0.15) is 0 Å². The molecule has 0 spiro atoms. The van der Waals surface area contributed by atoms with Crippen LogP contribution in [0.2, 0.25) is 0 Å². The van der Waals surface area contributed by atoms with E-state index >= 15 is 0 Å². The van der Waals surface area contributed by atoms with Crippen molar-refractivity contribution in [2.45, 2.75) is 19.3 Å². The maximum absolute atomic E-state index is 7.21. The number of benzene rings is 10. The Morgan fingerprint density at radius 2 is 0.983 bits per heavy atom. The second-order valence-electron chi connectivity index (χ2n) is 16.4. The third kappa shape index (κ3) is 5.06. The molecule has 1 aliphatic carbocycles. The Morgan fingerprint density at radius 3 is 1.80 bits per heavy atom. The lowest BCUT2D eigenvalue weighted by Crippen LogP contribution is -2.16. The Balaban J connectivity index is 1.21. The van der Waals surface area contributed by atoms with Gasteiger partial charge in [0.1, 0.15) is 11.2 Å². The zero-order chi connectivity index (χ0) is 39.2. The lowest BCUT2D eigenvalue weighted by atomic mass is 9.82. The average Bonchev–Trinajstić information content (AvgIpc) is 3.80. The molecule has 0 saturated heterocycles. The molecular weight excluding hydrogens is 715 g/mol. The van der Waals surface area contributed by atoms with Gasteiger partial charge in [-0.15, -0.1) is 0 Å². The summed E-state index contributed by atoms with van der Waals surface area (Å²) in [5, 5.41) is 9.37. The van der Waals surface area contributed by atoms with E-state index in [1.807, 2.05) is 0 Å². The molecule has 0 fully saturated rings. The Labute approximate surface area is 343 Å². The normalized spacial score (nSPS) is 13.1. The molecule has 59 heavy (non-hydrogen) atoms. The molecule has 0 saturated carbocycles. The Morgan fingerprint density at radius 1 is 0.390 bits per heavy atom. The summed E-state index contributed by atoms with van der Waals surface area (Å²) in [6.07, 6.45) is 0. The summed E-state index contributed by atoms with van der Waals surface area (Å²) in [4.78, 5) is 2.48. The number of anilines is 3. The van der Waals surface area contributed by atoms with Crippen molar-refractivity contribution in [1.82, 2.24) is 0 Å². The molecule has 0 radical (unpaired) electrons. The minimum atomic E-state index is -0.164. The first kappa shape index (κ1) is 33.7. The minimum absolute atomic E-state index is 0.164. The van der Waals surface area contributed by atoms with Gasteiger partial charge in [0, 0.05) is 27.6 Å². The van der Waals surface area contributed by atoms with E-state index in [2.05, 4.69) is 219 Å². The van der Waals surface area contributed by atoms with Crippen molar-refractivity contribution in [1.29, 1.82) is 0 Å². The van der Waals surface area contributed by atoms with E-state index in [1.165, 1.54) is 65.9 Å². The van der Waals surface area contributed by atoms with Crippen LogP contribution in [0.1, 0.15) is 25.0 Å². The fraction of sp³-hybridized carbons (Fsp3) is 0.0526. The Kier molecular flexibility index (Phi) is 7.31. The van der Waals surface area contributed by atoms with Crippen LogP contribution >= 0.6 is 0 Å². The molecule has 278 valence electrons. The predicted octanol–water partition coefficient (Wildman–Crippen LogP) is 16.2. The van der Waals surface area contributed by atoms with Crippen molar-refractivity contribution in [3.8, 4) is 33.4 Å². The first-order valence-electron chi connectivity index (χ1n) is 20.5. The monoisotopic (exact) mass is 753 g/mol. The molecule has 1 heterocycles. The average molecular weight is 754 g/mol. The molecule has 12 rings (SSSR count). The van der Waals surface area contributed by atoms with Crippen LogP contribution < -0.4 is 4.90 Å². The topological polar surface area (TPSA) is 16.4 Å². The first-order valence-corrected chi connectivity index (χ1v) is 20.5. The zero-order valence-electron chi connectivity index (χ0n) is 32.9. The second kappa shape index (κ2) is 12.8. The number of rotatable bonds is 5. The van der Waals surface area contributed by atoms with Crippen molar-refractivity contribution in [2.24, 2.45) is 0 Å². The van der Waals surface area contributed by atoms with Crippen molar-refractivity contribution >= 4 is 71.3 Å². The third-order valence-electron chi connectivity index (χ3n) is 12.8. The number of hydrogen-bond acceptors (Lipinski definition) is 2. The third-order valence-corrected chi connectivity index (χ3v) is 12.8. The summed E-state index contributed by atoms with van der Waals surface area (Å²) in [7, 11) is 0. The van der Waals surface area contributed by atoms with Crippen molar-refractivity contribution in [3.05, 3.63) is 211 Å². The number of hydrogen-bond donors (Lipinski definition) is 0. The Hall–Kier alpha value is -7.42. The number of fused-ring (bicyclic) bond motifs is 12. The molecule has 2 nitrogen and oxygen atoms in total. The van der Waals surface area contributed by atoms with E-state index in [4.69, 9.17) is 4.42 Å². The fourth-order valence-electron chi connectivity index (χ4n) is 10.0. The highest BCUT2D eigenvalue weighted by atomic mass is 16.3. The molecule has 0 unspecified atom stereocenters. The van der Waals surface area contributed by atoms with E-state index < -0.39 is 0 Å². The van der Waals surface area contributed by atoms with Crippen molar-refractivity contribution in [2.75, 3.05) is 4.90 Å². The van der Waals surface area contributed by atoms with E-state index in [0.29, 0.717) is 0 Å². The molecule has 1 aliphatic rings. The molecule has 0 bridgehead atoms. The lowest BCUT2D eigenvalue weighted by Gasteiger charge is -2.29. The highest BCUT2D eigenvalue weighted by Gasteiger charge is 2.36. The Bertz CT molecular complexity index is 3460. The quantitative estimate of drug-likeness (QED) is 0.163. The lowest BCUT2D eigenvalue weighted by molar-refractivity contribution is 0.660.